The lowest BCUT2D eigenvalue weighted by Gasteiger charge is -1.69. The number of hydrogen-bond donors (Lipinski definition) is 0. The van der Waals surface area contributed by atoms with Gasteiger partial charge in [0.1, 0.15) is 5.51 Å². The highest BCUT2D eigenvalue weighted by molar-refractivity contribution is 7.14. The maximum atomic E-state index is 4.00. The first-order chi connectivity index (χ1) is 3.97. The molecule has 3 nitrogen and oxygen atoms in total. The van der Waals surface area contributed by atoms with E-state index in [4.69, 9.17) is 0 Å². The highest BCUT2D eigenvalue weighted by Gasteiger charge is 1.90. The molecule has 0 amide bonds. The maximum Gasteiger partial charge on any atom is 0.211 e. The normalized spacial score (nSPS) is 10.5. The number of nitrogens with zero attached hydrogens (tertiary/aromatic N) is 3. The van der Waals surface area contributed by atoms with Crippen molar-refractivity contribution < 1.29 is 0 Å². The molecule has 2 aromatic rings. The summed E-state index contributed by atoms with van der Waals surface area (Å²) < 4.78 is 1.74. The van der Waals surface area contributed by atoms with Crippen molar-refractivity contribution in [3.63, 3.8) is 0 Å². The number of imidazole rings is 1. The van der Waals surface area contributed by atoms with E-state index in [9.17, 15) is 0 Å². The summed E-state index contributed by atoms with van der Waals surface area (Å²) in [5, 5.41) is 3.95. The smallest absolute Gasteiger partial charge is 0.211 e. The highest BCUT2D eigenvalue weighted by Crippen LogP contribution is 2.02. The summed E-state index contributed by atoms with van der Waals surface area (Å²) in [5.41, 5.74) is 1.77. The molecule has 0 bridgehead atoms. The number of hydrogen-bond acceptors (Lipinski definition) is 3. The second-order valence-corrected chi connectivity index (χ2v) is 2.20. The Bertz CT molecular complexity index is 233. The number of rotatable bonds is 0. The number of aromatic nitrogens is 3. The van der Waals surface area contributed by atoms with Crippen LogP contribution >= 0.6 is 11.3 Å². The van der Waals surface area contributed by atoms with Crippen molar-refractivity contribution in [3.8, 4) is 0 Å². The van der Waals surface area contributed by atoms with Gasteiger partial charge in [-0.15, -0.1) is 0 Å². The Kier molecular flexibility index (Phi) is 0.648. The lowest BCUT2D eigenvalue weighted by molar-refractivity contribution is 0.974. The van der Waals surface area contributed by atoms with Crippen molar-refractivity contribution in [2.75, 3.05) is 0 Å². The molecule has 0 aliphatic heterocycles. The fourth-order valence-electron chi connectivity index (χ4n) is 0.577. The minimum Gasteiger partial charge on any atom is -0.226 e. The average Bonchev–Trinajstić information content (AvgIpc) is 2.15. The first-order valence-electron chi connectivity index (χ1n) is 2.19. The third-order valence-electron chi connectivity index (χ3n) is 0.918. The second kappa shape index (κ2) is 1.29. The molecule has 0 unspecified atom stereocenters. The van der Waals surface area contributed by atoms with Gasteiger partial charge in [0.05, 0.1) is 6.20 Å². The minimum atomic E-state index is 0.949. The third kappa shape index (κ3) is 0.376. The molecule has 40 valence electrons. The summed E-state index contributed by atoms with van der Waals surface area (Å²) in [6.45, 7) is 0. The van der Waals surface area contributed by atoms with E-state index in [1.54, 1.807) is 16.2 Å². The molecule has 0 atom stereocenters. The van der Waals surface area contributed by atoms with Crippen LogP contribution in [0.3, 0.4) is 0 Å². The molecule has 0 aliphatic rings. The Morgan fingerprint density at radius 1 is 1.62 bits per heavy atom. The maximum absolute atomic E-state index is 4.00. The standard InChI is InChI=1S/C4H3N3S/c1-2-7-4(5-1)8-3-6-7/h1-3H. The first kappa shape index (κ1) is 4.03. The summed E-state index contributed by atoms with van der Waals surface area (Å²) in [7, 11) is 0. The van der Waals surface area contributed by atoms with Crippen LogP contribution in [0.2, 0.25) is 0 Å². The van der Waals surface area contributed by atoms with E-state index in [0.717, 1.165) is 4.96 Å². The average molecular weight is 125 g/mol. The first-order valence-corrected chi connectivity index (χ1v) is 3.07. The third-order valence-corrected chi connectivity index (χ3v) is 1.62. The number of fused-ring (bicyclic) bond motifs is 1. The zero-order valence-electron chi connectivity index (χ0n) is 3.98. The Morgan fingerprint density at radius 2 is 2.62 bits per heavy atom. The van der Waals surface area contributed by atoms with Gasteiger partial charge in [0.25, 0.3) is 0 Å². The fraction of sp³-hybridized carbons (Fsp3) is 0. The van der Waals surface area contributed by atoms with E-state index in [1.165, 1.54) is 11.3 Å². The van der Waals surface area contributed by atoms with Crippen molar-refractivity contribution in [1.29, 1.82) is 0 Å². The Balaban J connectivity index is 3.06. The zero-order chi connectivity index (χ0) is 5.40. The van der Waals surface area contributed by atoms with Gasteiger partial charge in [-0.05, 0) is 0 Å². The Hall–Kier alpha value is -0.900. The summed E-state index contributed by atoms with van der Waals surface area (Å²) in [6.07, 6.45) is 3.56. The lowest BCUT2D eigenvalue weighted by Crippen LogP contribution is -1.74. The lowest BCUT2D eigenvalue weighted by atomic mass is 11.0. The molecule has 0 N–H and O–H groups in total. The van der Waals surface area contributed by atoms with Crippen molar-refractivity contribution >= 4 is 16.3 Å². The van der Waals surface area contributed by atoms with Crippen LogP contribution in [-0.2, 0) is 0 Å². The second-order valence-electron chi connectivity index (χ2n) is 1.39. The van der Waals surface area contributed by atoms with Crippen LogP contribution in [0, 0.1) is 0 Å². The van der Waals surface area contributed by atoms with Gasteiger partial charge in [0.15, 0.2) is 0 Å². The summed E-state index contributed by atoms with van der Waals surface area (Å²) >= 11 is 1.53. The van der Waals surface area contributed by atoms with E-state index >= 15 is 0 Å². The molecule has 0 aromatic carbocycles. The van der Waals surface area contributed by atoms with Crippen LogP contribution in [0.1, 0.15) is 0 Å². The van der Waals surface area contributed by atoms with Crippen LogP contribution in [0.5, 0.6) is 0 Å². The monoisotopic (exact) mass is 125 g/mol. The molecule has 8 heavy (non-hydrogen) atoms. The Morgan fingerprint density at radius 3 is 3.50 bits per heavy atom. The minimum absolute atomic E-state index is 0.949. The SMILES string of the molecule is c1cn2ncsc2n1. The van der Waals surface area contributed by atoms with Gasteiger partial charge in [0, 0.05) is 6.20 Å². The van der Waals surface area contributed by atoms with Gasteiger partial charge < -0.3 is 0 Å². The largest absolute Gasteiger partial charge is 0.226 e. The van der Waals surface area contributed by atoms with Crippen LogP contribution < -0.4 is 0 Å². The van der Waals surface area contributed by atoms with Crippen LogP contribution in [0.15, 0.2) is 17.9 Å². The van der Waals surface area contributed by atoms with Crippen LogP contribution in [0.4, 0.5) is 0 Å². The van der Waals surface area contributed by atoms with E-state index in [0.29, 0.717) is 0 Å². The molecule has 0 spiro atoms. The van der Waals surface area contributed by atoms with E-state index in [-0.39, 0.29) is 0 Å². The van der Waals surface area contributed by atoms with Gasteiger partial charge in [-0.2, -0.15) is 5.10 Å². The van der Waals surface area contributed by atoms with E-state index in [1.807, 2.05) is 6.20 Å². The van der Waals surface area contributed by atoms with E-state index < -0.39 is 0 Å². The Labute approximate surface area is 49.6 Å². The van der Waals surface area contributed by atoms with E-state index in [2.05, 4.69) is 10.1 Å². The summed E-state index contributed by atoms with van der Waals surface area (Å²) in [5.74, 6) is 0. The predicted octanol–water partition coefficient (Wildman–Crippen LogP) is 0.791. The summed E-state index contributed by atoms with van der Waals surface area (Å²) in [6, 6.07) is 0. The molecule has 2 rings (SSSR count). The van der Waals surface area contributed by atoms with Crippen LogP contribution in [0.25, 0.3) is 4.96 Å². The van der Waals surface area contributed by atoms with Crippen molar-refractivity contribution in [3.05, 3.63) is 17.9 Å². The topological polar surface area (TPSA) is 30.2 Å². The fourth-order valence-corrected chi connectivity index (χ4v) is 1.16. The molecular weight excluding hydrogens is 122 g/mol. The molecule has 4 heteroatoms. The predicted molar refractivity (Wildman–Crippen MR) is 30.9 cm³/mol. The molecule has 0 fully saturated rings. The van der Waals surface area contributed by atoms with Gasteiger partial charge in [-0.3, -0.25) is 0 Å². The van der Waals surface area contributed by atoms with Gasteiger partial charge in [0.2, 0.25) is 4.96 Å². The molecule has 0 radical (unpaired) electrons. The molecular formula is C4H3N3S. The van der Waals surface area contributed by atoms with Gasteiger partial charge in [-0.1, -0.05) is 11.3 Å². The highest BCUT2D eigenvalue weighted by atomic mass is 32.1. The van der Waals surface area contributed by atoms with Crippen molar-refractivity contribution in [2.45, 2.75) is 0 Å². The molecule has 2 heterocycles. The van der Waals surface area contributed by atoms with Crippen LogP contribution in [-0.4, -0.2) is 14.6 Å². The molecule has 2 aromatic heterocycles. The summed E-state index contributed by atoms with van der Waals surface area (Å²) in [4.78, 5) is 4.95. The molecule has 0 saturated carbocycles. The van der Waals surface area contributed by atoms with Crippen molar-refractivity contribution in [1.82, 2.24) is 14.6 Å². The molecule has 0 saturated heterocycles. The van der Waals surface area contributed by atoms with Gasteiger partial charge >= 0.3 is 0 Å². The van der Waals surface area contributed by atoms with Gasteiger partial charge in [-0.25, -0.2) is 9.50 Å². The quantitative estimate of drug-likeness (QED) is 0.521. The van der Waals surface area contributed by atoms with Crippen molar-refractivity contribution in [2.24, 2.45) is 0 Å². The molecule has 0 aliphatic carbocycles. The zero-order valence-corrected chi connectivity index (χ0v) is 4.80.